The molecule has 1 amide bonds. The van der Waals surface area contributed by atoms with Crippen LogP contribution >= 0.6 is 27.3 Å². The Kier molecular flexibility index (Phi) is 5.89. The van der Waals surface area contributed by atoms with Crippen molar-refractivity contribution in [3.8, 4) is 0 Å². The molecule has 128 valence electrons. The van der Waals surface area contributed by atoms with E-state index in [1.54, 1.807) is 26.2 Å². The lowest BCUT2D eigenvalue weighted by Gasteiger charge is -2.07. The first-order valence-electron chi connectivity index (χ1n) is 7.12. The Hall–Kier alpha value is -2.00. The highest BCUT2D eigenvalue weighted by molar-refractivity contribution is 9.10. The lowest BCUT2D eigenvalue weighted by Crippen LogP contribution is -2.20. The number of halogens is 1. The van der Waals surface area contributed by atoms with Crippen molar-refractivity contribution in [1.29, 1.82) is 0 Å². The smallest absolute Gasteiger partial charge is 0.341 e. The molecule has 9 heteroatoms. The third-order valence-electron chi connectivity index (χ3n) is 3.11. The zero-order valence-electron chi connectivity index (χ0n) is 13.4. The van der Waals surface area contributed by atoms with E-state index in [-0.39, 0.29) is 30.4 Å². The summed E-state index contributed by atoms with van der Waals surface area (Å²) in [4.78, 5) is 36.5. The number of thiophene rings is 1. The van der Waals surface area contributed by atoms with Crippen LogP contribution < -0.4 is 5.32 Å². The van der Waals surface area contributed by atoms with Crippen molar-refractivity contribution >= 4 is 49.9 Å². The second-order valence-electron chi connectivity index (χ2n) is 4.94. The standard InChI is InChI=1S/C15H16BrN3O4S/c1-4-23-15(22)12-8(2)13(9(3)20)24-14(12)18-11(21)7-19-6-10(16)5-17-19/h5-6H,4,7H2,1-3H3,(H,18,21). The first kappa shape index (κ1) is 18.3. The minimum atomic E-state index is -0.559. The Labute approximate surface area is 151 Å². The van der Waals surface area contributed by atoms with Crippen LogP contribution in [0.5, 0.6) is 0 Å². The monoisotopic (exact) mass is 413 g/mol. The molecule has 1 N–H and O–H groups in total. The SMILES string of the molecule is CCOC(=O)c1c(NC(=O)Cn2cc(Br)cn2)sc(C(C)=O)c1C. The van der Waals surface area contributed by atoms with Gasteiger partial charge >= 0.3 is 5.97 Å². The van der Waals surface area contributed by atoms with Gasteiger partial charge in [0, 0.05) is 6.20 Å². The van der Waals surface area contributed by atoms with Gasteiger partial charge < -0.3 is 10.1 Å². The topological polar surface area (TPSA) is 90.3 Å². The van der Waals surface area contributed by atoms with Crippen molar-refractivity contribution in [1.82, 2.24) is 9.78 Å². The number of rotatable bonds is 6. The van der Waals surface area contributed by atoms with Gasteiger partial charge in [-0.25, -0.2) is 4.79 Å². The summed E-state index contributed by atoms with van der Waals surface area (Å²) >= 11 is 4.33. The highest BCUT2D eigenvalue weighted by Crippen LogP contribution is 2.34. The molecule has 0 bridgehead atoms. The Morgan fingerprint density at radius 3 is 2.67 bits per heavy atom. The number of aromatic nitrogens is 2. The summed E-state index contributed by atoms with van der Waals surface area (Å²) in [6.07, 6.45) is 3.23. The molecule has 0 spiro atoms. The maximum Gasteiger partial charge on any atom is 0.341 e. The van der Waals surface area contributed by atoms with Crippen LogP contribution in [0.15, 0.2) is 16.9 Å². The maximum absolute atomic E-state index is 12.2. The highest BCUT2D eigenvalue weighted by atomic mass is 79.9. The normalized spacial score (nSPS) is 10.5. The molecule has 0 aliphatic carbocycles. The minimum Gasteiger partial charge on any atom is -0.462 e. The first-order valence-corrected chi connectivity index (χ1v) is 8.73. The molecule has 0 aliphatic rings. The largest absolute Gasteiger partial charge is 0.462 e. The number of carbonyl (C=O) groups is 3. The number of Topliss-reactive ketones (excluding diaryl/α,β-unsaturated/α-hetero) is 1. The van der Waals surface area contributed by atoms with Crippen LogP contribution in [-0.4, -0.2) is 34.0 Å². The zero-order valence-corrected chi connectivity index (χ0v) is 15.8. The number of esters is 1. The van der Waals surface area contributed by atoms with Gasteiger partial charge in [-0.3, -0.25) is 14.3 Å². The number of nitrogens with one attached hydrogen (secondary N) is 1. The molecule has 0 radical (unpaired) electrons. The molecule has 0 saturated heterocycles. The van der Waals surface area contributed by atoms with Crippen LogP contribution in [0.2, 0.25) is 0 Å². The summed E-state index contributed by atoms with van der Waals surface area (Å²) in [7, 11) is 0. The molecule has 2 heterocycles. The second kappa shape index (κ2) is 7.71. The number of ether oxygens (including phenoxy) is 1. The molecule has 24 heavy (non-hydrogen) atoms. The highest BCUT2D eigenvalue weighted by Gasteiger charge is 2.25. The molecule has 2 aromatic rings. The van der Waals surface area contributed by atoms with E-state index in [0.29, 0.717) is 15.4 Å². The second-order valence-corrected chi connectivity index (χ2v) is 6.88. The maximum atomic E-state index is 12.2. The van der Waals surface area contributed by atoms with Gasteiger partial charge in [0.05, 0.1) is 27.7 Å². The van der Waals surface area contributed by atoms with E-state index in [4.69, 9.17) is 4.74 Å². The van der Waals surface area contributed by atoms with Gasteiger partial charge in [0.2, 0.25) is 5.91 Å². The Bertz CT molecular complexity index is 797. The average Bonchev–Trinajstić information content (AvgIpc) is 3.02. The Morgan fingerprint density at radius 2 is 2.12 bits per heavy atom. The predicted octanol–water partition coefficient (Wildman–Crippen LogP) is 3.03. The fourth-order valence-electron chi connectivity index (χ4n) is 2.12. The van der Waals surface area contributed by atoms with E-state index in [1.807, 2.05) is 0 Å². The molecule has 2 aromatic heterocycles. The number of hydrogen-bond donors (Lipinski definition) is 1. The molecule has 0 unspecified atom stereocenters. The van der Waals surface area contributed by atoms with Gasteiger partial charge in [0.15, 0.2) is 5.78 Å². The molecular formula is C15H16BrN3O4S. The summed E-state index contributed by atoms with van der Waals surface area (Å²) < 4.78 is 7.24. The lowest BCUT2D eigenvalue weighted by atomic mass is 10.1. The number of hydrogen-bond acceptors (Lipinski definition) is 6. The molecule has 7 nitrogen and oxygen atoms in total. The van der Waals surface area contributed by atoms with E-state index in [0.717, 1.165) is 15.8 Å². The van der Waals surface area contributed by atoms with Crippen LogP contribution in [0.4, 0.5) is 5.00 Å². The molecule has 0 aromatic carbocycles. The third-order valence-corrected chi connectivity index (χ3v) is 4.82. The fourth-order valence-corrected chi connectivity index (χ4v) is 3.56. The van der Waals surface area contributed by atoms with Gasteiger partial charge in [0.25, 0.3) is 0 Å². The van der Waals surface area contributed by atoms with Gasteiger partial charge in [-0.05, 0) is 42.3 Å². The Balaban J connectivity index is 2.27. The van der Waals surface area contributed by atoms with Crippen LogP contribution in [0, 0.1) is 6.92 Å². The number of anilines is 1. The number of nitrogens with zero attached hydrogens (tertiary/aromatic N) is 2. The first-order chi connectivity index (χ1) is 11.3. The van der Waals surface area contributed by atoms with E-state index in [9.17, 15) is 14.4 Å². The predicted molar refractivity (Wildman–Crippen MR) is 93.6 cm³/mol. The summed E-state index contributed by atoms with van der Waals surface area (Å²) in [5.41, 5.74) is 0.741. The van der Waals surface area contributed by atoms with Gasteiger partial charge in [-0.1, -0.05) is 0 Å². The fraction of sp³-hybridized carbons (Fsp3) is 0.333. The zero-order chi connectivity index (χ0) is 17.9. The van der Waals surface area contributed by atoms with Crippen molar-refractivity contribution in [3.63, 3.8) is 0 Å². The van der Waals surface area contributed by atoms with Gasteiger partial charge in [-0.2, -0.15) is 5.10 Å². The van der Waals surface area contributed by atoms with Crippen molar-refractivity contribution in [3.05, 3.63) is 32.9 Å². The molecule has 2 rings (SSSR count). The number of carbonyl (C=O) groups excluding carboxylic acids is 3. The molecule has 0 aliphatic heterocycles. The van der Waals surface area contributed by atoms with Crippen molar-refractivity contribution in [2.24, 2.45) is 0 Å². The molecule has 0 saturated carbocycles. The third kappa shape index (κ3) is 4.09. The number of ketones is 1. The molecular weight excluding hydrogens is 398 g/mol. The van der Waals surface area contributed by atoms with Crippen LogP contribution in [0.3, 0.4) is 0 Å². The molecule has 0 atom stereocenters. The van der Waals surface area contributed by atoms with E-state index < -0.39 is 5.97 Å². The summed E-state index contributed by atoms with van der Waals surface area (Å²) in [5.74, 6) is -1.08. The van der Waals surface area contributed by atoms with Crippen LogP contribution in [0.1, 0.15) is 39.4 Å². The van der Waals surface area contributed by atoms with Crippen molar-refractivity contribution < 1.29 is 19.1 Å². The summed E-state index contributed by atoms with van der Waals surface area (Å²) in [5, 5.41) is 6.99. The van der Waals surface area contributed by atoms with Crippen molar-refractivity contribution in [2.45, 2.75) is 27.3 Å². The minimum absolute atomic E-state index is 0.0137. The number of amides is 1. The Morgan fingerprint density at radius 1 is 1.42 bits per heavy atom. The van der Waals surface area contributed by atoms with Gasteiger partial charge in [0.1, 0.15) is 11.5 Å². The lowest BCUT2D eigenvalue weighted by molar-refractivity contribution is -0.116. The molecule has 0 fully saturated rings. The van der Waals surface area contributed by atoms with E-state index in [1.165, 1.54) is 11.6 Å². The quantitative estimate of drug-likeness (QED) is 0.580. The van der Waals surface area contributed by atoms with Gasteiger partial charge in [-0.15, -0.1) is 11.3 Å². The van der Waals surface area contributed by atoms with Crippen LogP contribution in [0.25, 0.3) is 0 Å². The van der Waals surface area contributed by atoms with E-state index in [2.05, 4.69) is 26.3 Å². The average molecular weight is 414 g/mol. The summed E-state index contributed by atoms with van der Waals surface area (Å²) in [6.45, 7) is 4.97. The van der Waals surface area contributed by atoms with Crippen LogP contribution in [-0.2, 0) is 16.1 Å². The van der Waals surface area contributed by atoms with Crippen molar-refractivity contribution in [2.75, 3.05) is 11.9 Å². The van der Waals surface area contributed by atoms with E-state index >= 15 is 0 Å². The summed E-state index contributed by atoms with van der Waals surface area (Å²) in [6, 6.07) is 0.